The minimum atomic E-state index is -4.77. The number of likely N-dealkylation sites (N-methyl/N-ethyl adjacent to an activating group) is 1. The molecule has 1 fully saturated rings. The summed E-state index contributed by atoms with van der Waals surface area (Å²) in [6.07, 6.45) is -2.85. The van der Waals surface area contributed by atoms with E-state index in [0.29, 0.717) is 5.69 Å². The summed E-state index contributed by atoms with van der Waals surface area (Å²) >= 11 is 0. The number of anilines is 1. The second-order valence-electron chi connectivity index (χ2n) is 5.52. The van der Waals surface area contributed by atoms with Crippen molar-refractivity contribution in [2.24, 2.45) is 0 Å². The molecule has 1 aromatic carbocycles. The van der Waals surface area contributed by atoms with Gasteiger partial charge in [0.1, 0.15) is 5.75 Å². The number of alkyl halides is 3. The fourth-order valence-corrected chi connectivity index (χ4v) is 1.92. The Labute approximate surface area is 137 Å². The van der Waals surface area contributed by atoms with Gasteiger partial charge in [0, 0.05) is 24.8 Å². The van der Waals surface area contributed by atoms with Crippen molar-refractivity contribution in [1.82, 2.24) is 10.2 Å². The Hall–Kier alpha value is -2.45. The lowest BCUT2D eigenvalue weighted by Gasteiger charge is -2.17. The first-order chi connectivity index (χ1) is 11.2. The minimum Gasteiger partial charge on any atom is -0.406 e. The number of carbonyl (C=O) groups excluding carboxylic acids is 2. The highest BCUT2D eigenvalue weighted by Gasteiger charge is 2.31. The van der Waals surface area contributed by atoms with E-state index in [9.17, 15) is 22.8 Å². The highest BCUT2D eigenvalue weighted by molar-refractivity contribution is 5.86. The largest absolute Gasteiger partial charge is 0.573 e. The van der Waals surface area contributed by atoms with Crippen LogP contribution >= 0.6 is 0 Å². The molecule has 0 radical (unpaired) electrons. The average molecular weight is 345 g/mol. The summed E-state index contributed by atoms with van der Waals surface area (Å²) in [7, 11) is 1.49. The van der Waals surface area contributed by atoms with Crippen LogP contribution in [0.2, 0.25) is 0 Å². The van der Waals surface area contributed by atoms with Crippen LogP contribution in [-0.2, 0) is 9.59 Å². The van der Waals surface area contributed by atoms with E-state index in [1.165, 1.54) is 24.1 Å². The van der Waals surface area contributed by atoms with E-state index < -0.39 is 6.36 Å². The number of halogens is 3. The van der Waals surface area contributed by atoms with E-state index in [0.717, 1.165) is 25.0 Å². The summed E-state index contributed by atoms with van der Waals surface area (Å²) in [5.41, 5.74) is 0.306. The van der Waals surface area contributed by atoms with Gasteiger partial charge in [-0.15, -0.1) is 13.2 Å². The van der Waals surface area contributed by atoms with Crippen molar-refractivity contribution >= 4 is 17.5 Å². The SMILES string of the molecule is CN(CC(=O)NC1CC1)C(=O)CNc1cccc(OC(F)(F)F)c1. The number of nitrogens with zero attached hydrogens (tertiary/aromatic N) is 1. The molecule has 1 aliphatic carbocycles. The summed E-state index contributed by atoms with van der Waals surface area (Å²) in [6, 6.07) is 5.40. The van der Waals surface area contributed by atoms with Crippen LogP contribution in [0.25, 0.3) is 0 Å². The van der Waals surface area contributed by atoms with Crippen LogP contribution in [0.15, 0.2) is 24.3 Å². The molecule has 132 valence electrons. The Bertz CT molecular complexity index is 603. The summed E-state index contributed by atoms with van der Waals surface area (Å²) in [5, 5.41) is 5.47. The van der Waals surface area contributed by atoms with E-state index in [2.05, 4.69) is 15.4 Å². The van der Waals surface area contributed by atoms with Crippen LogP contribution in [0.1, 0.15) is 12.8 Å². The number of nitrogens with one attached hydrogen (secondary N) is 2. The number of carbonyl (C=O) groups is 2. The van der Waals surface area contributed by atoms with Crippen LogP contribution in [0.4, 0.5) is 18.9 Å². The Morgan fingerprint density at radius 2 is 2.04 bits per heavy atom. The molecule has 1 saturated carbocycles. The molecule has 1 aliphatic rings. The van der Waals surface area contributed by atoms with Gasteiger partial charge in [0.05, 0.1) is 13.1 Å². The Morgan fingerprint density at radius 1 is 1.33 bits per heavy atom. The first-order valence-corrected chi connectivity index (χ1v) is 7.36. The Kier molecular flexibility index (Phi) is 5.53. The van der Waals surface area contributed by atoms with Gasteiger partial charge in [0.2, 0.25) is 11.8 Å². The monoisotopic (exact) mass is 345 g/mol. The molecule has 0 heterocycles. The molecule has 0 aliphatic heterocycles. The van der Waals surface area contributed by atoms with Crippen LogP contribution in [0.5, 0.6) is 5.75 Å². The van der Waals surface area contributed by atoms with Gasteiger partial charge < -0.3 is 20.3 Å². The molecule has 2 amide bonds. The van der Waals surface area contributed by atoms with Gasteiger partial charge in [0.15, 0.2) is 0 Å². The average Bonchev–Trinajstić information content (AvgIpc) is 3.27. The normalized spacial score (nSPS) is 14.0. The number of hydrogen-bond acceptors (Lipinski definition) is 4. The third-order valence-electron chi connectivity index (χ3n) is 3.26. The van der Waals surface area contributed by atoms with Crippen molar-refractivity contribution in [3.63, 3.8) is 0 Å². The first kappa shape index (κ1) is 17.9. The molecule has 0 aromatic heterocycles. The fourth-order valence-electron chi connectivity index (χ4n) is 1.92. The lowest BCUT2D eigenvalue weighted by molar-refractivity contribution is -0.274. The van der Waals surface area contributed by atoms with Crippen LogP contribution in [0, 0.1) is 0 Å². The summed E-state index contributed by atoms with van der Waals surface area (Å²) in [6.45, 7) is -0.211. The Morgan fingerprint density at radius 3 is 2.67 bits per heavy atom. The first-order valence-electron chi connectivity index (χ1n) is 7.36. The summed E-state index contributed by atoms with van der Waals surface area (Å²) < 4.78 is 40.3. The maximum absolute atomic E-state index is 12.2. The van der Waals surface area contributed by atoms with Gasteiger partial charge in [-0.3, -0.25) is 9.59 Å². The fraction of sp³-hybridized carbons (Fsp3) is 0.467. The maximum atomic E-state index is 12.2. The third kappa shape index (κ3) is 6.35. The zero-order valence-corrected chi connectivity index (χ0v) is 13.0. The molecule has 0 spiro atoms. The minimum absolute atomic E-state index is 0.0613. The summed E-state index contributed by atoms with van der Waals surface area (Å²) in [5.74, 6) is -0.964. The molecule has 2 N–H and O–H groups in total. The number of hydrogen-bond donors (Lipinski definition) is 2. The zero-order valence-electron chi connectivity index (χ0n) is 13.0. The molecule has 2 rings (SSSR count). The number of ether oxygens (including phenoxy) is 1. The van der Waals surface area contributed by atoms with Crippen molar-refractivity contribution < 1.29 is 27.5 Å². The van der Waals surface area contributed by atoms with E-state index >= 15 is 0 Å². The maximum Gasteiger partial charge on any atom is 0.573 e. The van der Waals surface area contributed by atoms with Crippen LogP contribution < -0.4 is 15.4 Å². The lowest BCUT2D eigenvalue weighted by Crippen LogP contribution is -2.41. The second kappa shape index (κ2) is 7.41. The van der Waals surface area contributed by atoms with E-state index in [1.807, 2.05) is 0 Å². The smallest absolute Gasteiger partial charge is 0.406 e. The van der Waals surface area contributed by atoms with Gasteiger partial charge in [0.25, 0.3) is 0 Å². The molecule has 24 heavy (non-hydrogen) atoms. The van der Waals surface area contributed by atoms with Crippen molar-refractivity contribution in [3.8, 4) is 5.75 Å². The van der Waals surface area contributed by atoms with Gasteiger partial charge in [-0.1, -0.05) is 6.07 Å². The van der Waals surface area contributed by atoms with Crippen molar-refractivity contribution in [3.05, 3.63) is 24.3 Å². The Balaban J connectivity index is 1.80. The molecule has 0 atom stereocenters. The zero-order chi connectivity index (χ0) is 17.7. The van der Waals surface area contributed by atoms with Gasteiger partial charge in [-0.2, -0.15) is 0 Å². The van der Waals surface area contributed by atoms with Gasteiger partial charge >= 0.3 is 6.36 Å². The standard InChI is InChI=1S/C15H18F3N3O3/c1-21(9-13(22)20-10-5-6-10)14(23)8-19-11-3-2-4-12(7-11)24-15(16,17)18/h2-4,7,10,19H,5-6,8-9H2,1H3,(H,20,22). The molecule has 6 nitrogen and oxygen atoms in total. The number of benzene rings is 1. The molecule has 0 saturated heterocycles. The van der Waals surface area contributed by atoms with Crippen LogP contribution in [-0.4, -0.2) is 49.3 Å². The summed E-state index contributed by atoms with van der Waals surface area (Å²) in [4.78, 5) is 24.8. The second-order valence-corrected chi connectivity index (χ2v) is 5.52. The van der Waals surface area contributed by atoms with Crippen molar-refractivity contribution in [2.45, 2.75) is 25.2 Å². The van der Waals surface area contributed by atoms with Gasteiger partial charge in [-0.25, -0.2) is 0 Å². The molecular weight excluding hydrogens is 327 g/mol. The quantitative estimate of drug-likeness (QED) is 0.790. The highest BCUT2D eigenvalue weighted by atomic mass is 19.4. The van der Waals surface area contributed by atoms with Crippen LogP contribution in [0.3, 0.4) is 0 Å². The molecule has 1 aromatic rings. The van der Waals surface area contributed by atoms with E-state index in [1.54, 1.807) is 0 Å². The van der Waals surface area contributed by atoms with Crippen molar-refractivity contribution in [2.75, 3.05) is 25.5 Å². The molecular formula is C15H18F3N3O3. The van der Waals surface area contributed by atoms with E-state index in [4.69, 9.17) is 0 Å². The molecule has 9 heteroatoms. The third-order valence-corrected chi connectivity index (χ3v) is 3.26. The predicted octanol–water partition coefficient (Wildman–Crippen LogP) is 1.73. The molecule has 0 unspecified atom stereocenters. The number of amides is 2. The molecule has 0 bridgehead atoms. The number of rotatable bonds is 7. The van der Waals surface area contributed by atoms with Gasteiger partial charge in [-0.05, 0) is 25.0 Å². The highest BCUT2D eigenvalue weighted by Crippen LogP contribution is 2.24. The van der Waals surface area contributed by atoms with Crippen molar-refractivity contribution in [1.29, 1.82) is 0 Å². The lowest BCUT2D eigenvalue weighted by atomic mass is 10.3. The topological polar surface area (TPSA) is 70.7 Å². The van der Waals surface area contributed by atoms with E-state index in [-0.39, 0.29) is 36.7 Å². The predicted molar refractivity (Wildman–Crippen MR) is 80.4 cm³/mol.